The Balaban J connectivity index is 2.07. The van der Waals surface area contributed by atoms with Crippen LogP contribution in [0.15, 0.2) is 0 Å². The van der Waals surface area contributed by atoms with Crippen LogP contribution in [0, 0.1) is 0 Å². The third kappa shape index (κ3) is 43.9. The van der Waals surface area contributed by atoms with Gasteiger partial charge >= 0.3 is 0 Å². The first kappa shape index (κ1) is 73.2. The summed E-state index contributed by atoms with van der Waals surface area (Å²) in [5.41, 5.74) is 0. The molecule has 0 aliphatic carbocycles. The first-order valence-electron chi connectivity index (χ1n) is 33.8. The molecule has 76 heavy (non-hydrogen) atoms. The zero-order valence-electron chi connectivity index (χ0n) is 50.4. The summed E-state index contributed by atoms with van der Waals surface area (Å²) in [4.78, 5) is 13.1. The number of nitrogens with one attached hydrogen (secondary N) is 1. The third-order valence-electron chi connectivity index (χ3n) is 16.8. The van der Waals surface area contributed by atoms with Gasteiger partial charge in [0.1, 0.15) is 30.5 Å². The molecule has 0 saturated carbocycles. The molecule has 1 amide bonds. The number of hydrogen-bond acceptors (Lipinski definition) is 9. The van der Waals surface area contributed by atoms with Gasteiger partial charge < -0.3 is 45.4 Å². The molecule has 0 aromatic rings. The lowest BCUT2D eigenvalue weighted by Gasteiger charge is -2.40. The van der Waals surface area contributed by atoms with Crippen molar-refractivity contribution in [2.24, 2.45) is 0 Å². The van der Waals surface area contributed by atoms with Crippen LogP contribution in [-0.4, -0.2) is 98.7 Å². The van der Waals surface area contributed by atoms with Crippen molar-refractivity contribution in [1.29, 1.82) is 0 Å². The van der Waals surface area contributed by atoms with Crippen LogP contribution in [0.4, 0.5) is 0 Å². The highest BCUT2D eigenvalue weighted by atomic mass is 16.7. The number of hydrogen-bond donors (Lipinski definition) is 7. The molecular weight excluding hydrogens is 951 g/mol. The Labute approximate surface area is 470 Å². The Morgan fingerprint density at radius 3 is 0.974 bits per heavy atom. The molecule has 10 nitrogen and oxygen atoms in total. The fourth-order valence-electron chi connectivity index (χ4n) is 11.4. The van der Waals surface area contributed by atoms with Crippen molar-refractivity contribution in [2.45, 2.75) is 403 Å². The first-order chi connectivity index (χ1) is 37.3. The van der Waals surface area contributed by atoms with Crippen molar-refractivity contribution in [3.63, 3.8) is 0 Å². The molecular formula is C66H131NO9. The predicted molar refractivity (Wildman–Crippen MR) is 320 cm³/mol. The van der Waals surface area contributed by atoms with E-state index in [2.05, 4.69) is 19.2 Å². The maximum Gasteiger partial charge on any atom is 0.220 e. The Kier molecular flexibility index (Phi) is 53.9. The van der Waals surface area contributed by atoms with E-state index in [1.807, 2.05) is 0 Å². The van der Waals surface area contributed by atoms with Gasteiger partial charge in [0, 0.05) is 6.42 Å². The van der Waals surface area contributed by atoms with Crippen LogP contribution in [0.3, 0.4) is 0 Å². The number of carbonyl (C=O) groups is 1. The van der Waals surface area contributed by atoms with Crippen LogP contribution < -0.4 is 5.32 Å². The maximum absolute atomic E-state index is 13.1. The highest BCUT2D eigenvalue weighted by molar-refractivity contribution is 5.76. The van der Waals surface area contributed by atoms with Crippen molar-refractivity contribution in [2.75, 3.05) is 13.2 Å². The zero-order chi connectivity index (χ0) is 55.2. The van der Waals surface area contributed by atoms with Crippen LogP contribution in [0.2, 0.25) is 0 Å². The lowest BCUT2D eigenvalue weighted by Crippen LogP contribution is -2.60. The lowest BCUT2D eigenvalue weighted by molar-refractivity contribution is -0.303. The van der Waals surface area contributed by atoms with Crippen molar-refractivity contribution in [3.05, 3.63) is 0 Å². The Morgan fingerprint density at radius 1 is 0.408 bits per heavy atom. The van der Waals surface area contributed by atoms with E-state index in [0.29, 0.717) is 6.42 Å². The van der Waals surface area contributed by atoms with Crippen LogP contribution in [0.5, 0.6) is 0 Å². The minimum absolute atomic E-state index is 0.248. The summed E-state index contributed by atoms with van der Waals surface area (Å²) in [5.74, 6) is -0.248. The second-order valence-electron chi connectivity index (χ2n) is 24.1. The number of ether oxygens (including phenoxy) is 2. The quantitative estimate of drug-likeness (QED) is 0.0293. The van der Waals surface area contributed by atoms with Gasteiger partial charge in [-0.05, 0) is 12.8 Å². The van der Waals surface area contributed by atoms with Gasteiger partial charge in [-0.15, -0.1) is 0 Å². The molecule has 1 heterocycles. The van der Waals surface area contributed by atoms with E-state index >= 15 is 0 Å². The van der Waals surface area contributed by atoms with Crippen molar-refractivity contribution in [1.82, 2.24) is 5.32 Å². The van der Waals surface area contributed by atoms with Crippen molar-refractivity contribution in [3.8, 4) is 0 Å². The zero-order valence-corrected chi connectivity index (χ0v) is 50.4. The van der Waals surface area contributed by atoms with E-state index in [0.717, 1.165) is 38.5 Å². The molecule has 0 aromatic heterocycles. The molecule has 1 aliphatic rings. The van der Waals surface area contributed by atoms with E-state index in [9.17, 15) is 35.4 Å². The Morgan fingerprint density at radius 2 is 0.684 bits per heavy atom. The molecule has 1 aliphatic heterocycles. The normalized spacial score (nSPS) is 19.1. The molecule has 0 radical (unpaired) electrons. The molecule has 2 unspecified atom stereocenters. The van der Waals surface area contributed by atoms with Crippen LogP contribution >= 0.6 is 0 Å². The van der Waals surface area contributed by atoms with Crippen LogP contribution in [-0.2, 0) is 14.3 Å². The molecule has 7 N–H and O–H groups in total. The minimum atomic E-state index is -1.60. The molecule has 0 spiro atoms. The molecule has 1 saturated heterocycles. The molecule has 10 heteroatoms. The molecule has 0 bridgehead atoms. The fourth-order valence-corrected chi connectivity index (χ4v) is 11.4. The lowest BCUT2D eigenvalue weighted by atomic mass is 9.98. The van der Waals surface area contributed by atoms with Gasteiger partial charge in [-0.3, -0.25) is 4.79 Å². The monoisotopic (exact) mass is 1080 g/mol. The Bertz CT molecular complexity index is 1180. The van der Waals surface area contributed by atoms with Crippen molar-refractivity contribution >= 4 is 5.91 Å². The SMILES string of the molecule is CCCCCCCCCCCCCCCCCCCCCCCCCCCCCCCCCCCCCCC(=O)N[C@@H](CO[C@@H]1O[C@H](CO)[C@H](O)C(O)C1O)[C@H](O)[C@H](O)CCCCCCCCCCCCCCCCC. The van der Waals surface area contributed by atoms with Gasteiger partial charge in [0.2, 0.25) is 5.91 Å². The Hall–Kier alpha value is -0.850. The van der Waals surface area contributed by atoms with Gasteiger partial charge in [0.25, 0.3) is 0 Å². The largest absolute Gasteiger partial charge is 0.394 e. The first-order valence-corrected chi connectivity index (χ1v) is 33.8. The molecule has 1 fully saturated rings. The number of amides is 1. The summed E-state index contributed by atoms with van der Waals surface area (Å²) in [7, 11) is 0. The van der Waals surface area contributed by atoms with E-state index < -0.39 is 55.6 Å². The average molecular weight is 1080 g/mol. The maximum atomic E-state index is 13.1. The summed E-state index contributed by atoms with van der Waals surface area (Å²) < 4.78 is 11.2. The average Bonchev–Trinajstić information content (AvgIpc) is 3.42. The molecule has 0 aromatic carbocycles. The van der Waals surface area contributed by atoms with Crippen LogP contribution in [0.1, 0.15) is 354 Å². The van der Waals surface area contributed by atoms with Gasteiger partial charge in [0.05, 0.1) is 25.4 Å². The number of rotatable bonds is 60. The second kappa shape index (κ2) is 56.0. The molecule has 1 rings (SSSR count). The number of unbranched alkanes of at least 4 members (excludes halogenated alkanes) is 49. The van der Waals surface area contributed by atoms with Gasteiger partial charge in [-0.2, -0.15) is 0 Å². The summed E-state index contributed by atoms with van der Waals surface area (Å²) in [6, 6.07) is -0.987. The second-order valence-corrected chi connectivity index (χ2v) is 24.1. The topological polar surface area (TPSA) is 169 Å². The highest BCUT2D eigenvalue weighted by Gasteiger charge is 2.44. The summed E-state index contributed by atoms with van der Waals surface area (Å²) in [5, 5.41) is 65.7. The van der Waals surface area contributed by atoms with E-state index in [4.69, 9.17) is 9.47 Å². The van der Waals surface area contributed by atoms with Crippen LogP contribution in [0.25, 0.3) is 0 Å². The number of aliphatic hydroxyl groups is 6. The standard InChI is InChI=1S/C66H131NO9/c1-3-5-7-9-11-13-15-17-19-20-21-22-23-24-25-26-27-28-29-30-31-32-33-34-35-36-37-38-39-41-43-45-47-49-51-53-55-61(70)67-58(57-75-66-65(74)64(73)63(72)60(56-68)76-66)62(71)59(69)54-52-50-48-46-44-42-40-18-16-14-12-10-8-6-4-2/h58-60,62-66,68-69,71-74H,3-57H2,1-2H3,(H,67,70)/t58-,59+,60+,62-,63-,64?,65?,66+/m0/s1. The number of aliphatic hydroxyl groups excluding tert-OH is 6. The van der Waals surface area contributed by atoms with Gasteiger partial charge in [-0.25, -0.2) is 0 Å². The molecule has 8 atom stereocenters. The number of carbonyl (C=O) groups excluding carboxylic acids is 1. The van der Waals surface area contributed by atoms with E-state index in [1.165, 1.54) is 289 Å². The van der Waals surface area contributed by atoms with Gasteiger partial charge in [-0.1, -0.05) is 335 Å². The van der Waals surface area contributed by atoms with Crippen molar-refractivity contribution < 1.29 is 44.9 Å². The fraction of sp³-hybridized carbons (Fsp3) is 0.985. The van der Waals surface area contributed by atoms with E-state index in [-0.39, 0.29) is 18.9 Å². The summed E-state index contributed by atoms with van der Waals surface area (Å²) in [6.45, 7) is 3.67. The summed E-state index contributed by atoms with van der Waals surface area (Å²) >= 11 is 0. The highest BCUT2D eigenvalue weighted by Crippen LogP contribution is 2.24. The molecule has 454 valence electrons. The smallest absolute Gasteiger partial charge is 0.220 e. The summed E-state index contributed by atoms with van der Waals surface area (Å²) in [6.07, 6.45) is 58.9. The minimum Gasteiger partial charge on any atom is -0.394 e. The van der Waals surface area contributed by atoms with Gasteiger partial charge in [0.15, 0.2) is 6.29 Å². The third-order valence-corrected chi connectivity index (χ3v) is 16.8. The predicted octanol–water partition coefficient (Wildman–Crippen LogP) is 16.7. The van der Waals surface area contributed by atoms with E-state index in [1.54, 1.807) is 0 Å².